The third-order valence-electron chi connectivity index (χ3n) is 2.15. The van der Waals surface area contributed by atoms with Gasteiger partial charge < -0.3 is 5.32 Å². The zero-order chi connectivity index (χ0) is 12.1. The van der Waals surface area contributed by atoms with Gasteiger partial charge in [0.2, 0.25) is 0 Å². The van der Waals surface area contributed by atoms with Crippen LogP contribution in [0.1, 0.15) is 39.5 Å². The van der Waals surface area contributed by atoms with E-state index in [1.54, 1.807) is 0 Å². The Morgan fingerprint density at radius 1 is 0.938 bits per heavy atom. The van der Waals surface area contributed by atoms with E-state index in [9.17, 15) is 0 Å². The summed E-state index contributed by atoms with van der Waals surface area (Å²) in [6.07, 6.45) is 5.26. The molecule has 1 rings (SSSR count). The maximum Gasteiger partial charge on any atom is 0.0405 e. The molecule has 1 N–H and O–H groups in total. The van der Waals surface area contributed by atoms with Crippen LogP contribution in [-0.2, 0) is 0 Å². The highest BCUT2D eigenvalue weighted by atomic mass is 35.5. The van der Waals surface area contributed by atoms with Crippen LogP contribution >= 0.6 is 11.6 Å². The first-order valence-corrected chi connectivity index (χ1v) is 6.60. The molecule has 0 bridgehead atoms. The van der Waals surface area contributed by atoms with Crippen LogP contribution in [0.25, 0.3) is 0 Å². The first-order chi connectivity index (χ1) is 7.81. The van der Waals surface area contributed by atoms with E-state index in [-0.39, 0.29) is 0 Å². The van der Waals surface area contributed by atoms with E-state index in [0.29, 0.717) is 0 Å². The van der Waals surface area contributed by atoms with E-state index in [4.69, 9.17) is 11.6 Å². The molecule has 0 spiro atoms. The van der Waals surface area contributed by atoms with Crippen LogP contribution in [0.4, 0.5) is 0 Å². The van der Waals surface area contributed by atoms with Crippen molar-refractivity contribution in [3.63, 3.8) is 0 Å². The lowest BCUT2D eigenvalue weighted by Gasteiger charge is -1.99. The Hall–Kier alpha value is -0.530. The van der Waals surface area contributed by atoms with Crippen molar-refractivity contribution in [2.24, 2.45) is 0 Å². The minimum Gasteiger partial charge on any atom is -0.317 e. The Kier molecular flexibility index (Phi) is 12.1. The first-order valence-electron chi connectivity index (χ1n) is 6.22. The molecule has 0 saturated heterocycles. The molecule has 16 heavy (non-hydrogen) atoms. The summed E-state index contributed by atoms with van der Waals surface area (Å²) in [5.74, 6) is 0. The average molecular weight is 242 g/mol. The van der Waals surface area contributed by atoms with Crippen molar-refractivity contribution in [1.29, 1.82) is 0 Å². The zero-order valence-corrected chi connectivity index (χ0v) is 11.3. The third-order valence-corrected chi connectivity index (χ3v) is 2.40. The van der Waals surface area contributed by atoms with Gasteiger partial charge in [-0.15, -0.1) is 0 Å². The number of unbranched alkanes of at least 4 members (excludes halogenated alkanes) is 2. The van der Waals surface area contributed by atoms with Gasteiger partial charge in [-0.05, 0) is 38.1 Å². The number of hydrogen-bond acceptors (Lipinski definition) is 1. The van der Waals surface area contributed by atoms with Crippen molar-refractivity contribution in [2.75, 3.05) is 13.1 Å². The van der Waals surface area contributed by atoms with E-state index in [0.717, 1.165) is 5.02 Å². The van der Waals surface area contributed by atoms with Crippen molar-refractivity contribution in [3.05, 3.63) is 35.4 Å². The monoisotopic (exact) mass is 241 g/mol. The quantitative estimate of drug-likeness (QED) is 0.723. The number of nitrogens with one attached hydrogen (secondary N) is 1. The normalized spacial score (nSPS) is 9.44. The van der Waals surface area contributed by atoms with Gasteiger partial charge in [0.15, 0.2) is 0 Å². The minimum atomic E-state index is 0.794. The van der Waals surface area contributed by atoms with Crippen molar-refractivity contribution in [2.45, 2.75) is 39.5 Å². The molecule has 0 saturated carbocycles. The van der Waals surface area contributed by atoms with Gasteiger partial charge in [0.25, 0.3) is 0 Å². The fourth-order valence-electron chi connectivity index (χ4n) is 1.14. The number of hydrogen-bond donors (Lipinski definition) is 1. The molecule has 0 aliphatic heterocycles. The summed E-state index contributed by atoms with van der Waals surface area (Å²) in [6.45, 7) is 6.86. The Morgan fingerprint density at radius 3 is 1.75 bits per heavy atom. The maximum absolute atomic E-state index is 5.54. The highest BCUT2D eigenvalue weighted by molar-refractivity contribution is 6.30. The molecule has 0 fully saturated rings. The summed E-state index contributed by atoms with van der Waals surface area (Å²) in [7, 11) is 0. The largest absolute Gasteiger partial charge is 0.317 e. The molecule has 0 heterocycles. The highest BCUT2D eigenvalue weighted by Crippen LogP contribution is 2.03. The van der Waals surface area contributed by atoms with Crippen LogP contribution in [0, 0.1) is 0 Å². The minimum absolute atomic E-state index is 0.794. The topological polar surface area (TPSA) is 12.0 Å². The van der Waals surface area contributed by atoms with E-state index in [2.05, 4.69) is 19.2 Å². The van der Waals surface area contributed by atoms with Gasteiger partial charge in [0.05, 0.1) is 0 Å². The van der Waals surface area contributed by atoms with E-state index in [1.165, 1.54) is 38.8 Å². The SMILES string of the molecule is CCCCNCCCC.Clc1ccccc1. The molecule has 0 aromatic heterocycles. The van der Waals surface area contributed by atoms with Crippen molar-refractivity contribution in [1.82, 2.24) is 5.32 Å². The lowest BCUT2D eigenvalue weighted by molar-refractivity contribution is 0.611. The van der Waals surface area contributed by atoms with Gasteiger partial charge in [0, 0.05) is 5.02 Å². The van der Waals surface area contributed by atoms with Crippen molar-refractivity contribution in [3.8, 4) is 0 Å². The maximum atomic E-state index is 5.54. The fraction of sp³-hybridized carbons (Fsp3) is 0.571. The van der Waals surface area contributed by atoms with Gasteiger partial charge in [-0.3, -0.25) is 0 Å². The summed E-state index contributed by atoms with van der Waals surface area (Å²) in [5, 5.41) is 4.18. The molecular weight excluding hydrogens is 218 g/mol. The van der Waals surface area contributed by atoms with Crippen LogP contribution in [0.5, 0.6) is 0 Å². The lowest BCUT2D eigenvalue weighted by Crippen LogP contribution is -2.15. The second-order valence-corrected chi connectivity index (χ2v) is 4.19. The van der Waals surface area contributed by atoms with Crippen LogP contribution in [0.2, 0.25) is 5.02 Å². The van der Waals surface area contributed by atoms with E-state index in [1.807, 2.05) is 30.3 Å². The number of benzene rings is 1. The first kappa shape index (κ1) is 15.5. The summed E-state index contributed by atoms with van der Waals surface area (Å²) in [5.41, 5.74) is 0. The van der Waals surface area contributed by atoms with E-state index >= 15 is 0 Å². The van der Waals surface area contributed by atoms with Crippen LogP contribution in [-0.4, -0.2) is 13.1 Å². The average Bonchev–Trinajstić information content (AvgIpc) is 2.31. The number of rotatable bonds is 6. The lowest BCUT2D eigenvalue weighted by atomic mass is 10.3. The Bertz CT molecular complexity index is 217. The second kappa shape index (κ2) is 12.5. The molecule has 0 amide bonds. The molecule has 2 heteroatoms. The van der Waals surface area contributed by atoms with Gasteiger partial charge in [-0.2, -0.15) is 0 Å². The second-order valence-electron chi connectivity index (χ2n) is 3.75. The molecule has 1 aromatic carbocycles. The van der Waals surface area contributed by atoms with Crippen molar-refractivity contribution < 1.29 is 0 Å². The zero-order valence-electron chi connectivity index (χ0n) is 10.5. The molecule has 0 atom stereocenters. The van der Waals surface area contributed by atoms with E-state index < -0.39 is 0 Å². The smallest absolute Gasteiger partial charge is 0.0405 e. The summed E-state index contributed by atoms with van der Waals surface area (Å²) in [4.78, 5) is 0. The van der Waals surface area contributed by atoms with Gasteiger partial charge in [-0.25, -0.2) is 0 Å². The molecule has 1 aromatic rings. The van der Waals surface area contributed by atoms with Gasteiger partial charge in [-0.1, -0.05) is 56.5 Å². The summed E-state index contributed by atoms with van der Waals surface area (Å²) in [6, 6.07) is 9.44. The highest BCUT2D eigenvalue weighted by Gasteiger charge is 1.83. The Morgan fingerprint density at radius 2 is 1.44 bits per heavy atom. The molecular formula is C14H24ClN. The summed E-state index contributed by atoms with van der Waals surface area (Å²) < 4.78 is 0. The van der Waals surface area contributed by atoms with Crippen LogP contribution < -0.4 is 5.32 Å². The molecule has 92 valence electrons. The number of halogens is 1. The molecule has 0 aliphatic carbocycles. The van der Waals surface area contributed by atoms with Gasteiger partial charge >= 0.3 is 0 Å². The van der Waals surface area contributed by atoms with Gasteiger partial charge in [0.1, 0.15) is 0 Å². The third kappa shape index (κ3) is 11.5. The summed E-state index contributed by atoms with van der Waals surface area (Å²) >= 11 is 5.54. The Balaban J connectivity index is 0.000000288. The molecule has 0 radical (unpaired) electrons. The van der Waals surface area contributed by atoms with Crippen LogP contribution in [0.15, 0.2) is 30.3 Å². The standard InChI is InChI=1S/C8H19N.C6H5Cl/c1-3-5-7-9-8-6-4-2;7-6-4-2-1-3-5-6/h9H,3-8H2,1-2H3;1-5H. The predicted octanol–water partition coefficient (Wildman–Crippen LogP) is 4.52. The predicted molar refractivity (Wildman–Crippen MR) is 74.1 cm³/mol. The molecule has 1 nitrogen and oxygen atoms in total. The Labute approximate surface area is 105 Å². The van der Waals surface area contributed by atoms with Crippen LogP contribution in [0.3, 0.4) is 0 Å². The fourth-order valence-corrected chi connectivity index (χ4v) is 1.29. The van der Waals surface area contributed by atoms with Crippen molar-refractivity contribution >= 4 is 11.6 Å². The molecule has 0 unspecified atom stereocenters. The molecule has 0 aliphatic rings.